The summed E-state index contributed by atoms with van der Waals surface area (Å²) >= 11 is 8.16. The number of hydrogen-bond acceptors (Lipinski definition) is 1. The van der Waals surface area contributed by atoms with Crippen LogP contribution in [0.1, 0.15) is 37.3 Å². The topological polar surface area (TPSA) is 17.1 Å². The average Bonchev–Trinajstić information content (AvgIpc) is 2.39. The van der Waals surface area contributed by atoms with Crippen LogP contribution in [-0.4, -0.2) is 10.2 Å². The van der Waals surface area contributed by atoms with Crippen molar-refractivity contribution in [2.24, 2.45) is 5.92 Å². The van der Waals surface area contributed by atoms with Crippen molar-refractivity contribution in [3.8, 4) is 0 Å². The Bertz CT molecular complexity index is 448. The van der Waals surface area contributed by atoms with Crippen molar-refractivity contribution in [3.05, 3.63) is 34.1 Å². The van der Waals surface area contributed by atoms with Crippen LogP contribution < -0.4 is 0 Å². The summed E-state index contributed by atoms with van der Waals surface area (Å²) < 4.78 is 13.9. The first-order valence-electron chi connectivity index (χ1n) is 6.52. The van der Waals surface area contributed by atoms with Gasteiger partial charge in [-0.1, -0.05) is 53.6 Å². The number of carbonyl (C=O) groups excluding carboxylic acids is 1. The smallest absolute Gasteiger partial charge is 0.145 e. The van der Waals surface area contributed by atoms with Crippen LogP contribution in [0, 0.1) is 18.7 Å². The van der Waals surface area contributed by atoms with Crippen molar-refractivity contribution in [1.82, 2.24) is 0 Å². The van der Waals surface area contributed by atoms with E-state index in [0.29, 0.717) is 20.8 Å². The Kier molecular flexibility index (Phi) is 7.29. The van der Waals surface area contributed by atoms with Gasteiger partial charge in [0.2, 0.25) is 0 Å². The molecule has 0 aliphatic heterocycles. The van der Waals surface area contributed by atoms with Gasteiger partial charge in [0.05, 0.1) is 4.43 Å². The van der Waals surface area contributed by atoms with Crippen LogP contribution in [0.5, 0.6) is 0 Å². The summed E-state index contributed by atoms with van der Waals surface area (Å²) in [4.78, 5) is 11.8. The molecule has 1 unspecified atom stereocenters. The molecule has 1 rings (SSSR count). The Morgan fingerprint density at radius 3 is 2.68 bits per heavy atom. The molecule has 0 heterocycles. The van der Waals surface area contributed by atoms with Crippen LogP contribution in [0.3, 0.4) is 0 Å². The lowest BCUT2D eigenvalue weighted by Crippen LogP contribution is -2.16. The van der Waals surface area contributed by atoms with E-state index in [0.717, 1.165) is 31.2 Å². The van der Waals surface area contributed by atoms with Crippen molar-refractivity contribution in [2.45, 2.75) is 39.5 Å². The maximum atomic E-state index is 13.3. The van der Waals surface area contributed by atoms with Crippen molar-refractivity contribution in [3.63, 3.8) is 0 Å². The van der Waals surface area contributed by atoms with Gasteiger partial charge in [-0.2, -0.15) is 0 Å². The van der Waals surface area contributed by atoms with Crippen molar-refractivity contribution >= 4 is 40.0 Å². The largest absolute Gasteiger partial charge is 0.299 e. The second kappa shape index (κ2) is 8.20. The number of halogens is 3. The van der Waals surface area contributed by atoms with Gasteiger partial charge in [0.15, 0.2) is 0 Å². The molecule has 1 aromatic rings. The summed E-state index contributed by atoms with van der Waals surface area (Å²) in [6.45, 7) is 3.82. The van der Waals surface area contributed by atoms with Crippen molar-refractivity contribution in [2.75, 3.05) is 4.43 Å². The van der Waals surface area contributed by atoms with Gasteiger partial charge < -0.3 is 0 Å². The second-order valence-corrected chi connectivity index (χ2v) is 5.99. The first-order chi connectivity index (χ1) is 8.99. The monoisotopic (exact) mass is 396 g/mol. The third kappa shape index (κ3) is 5.03. The van der Waals surface area contributed by atoms with Crippen LogP contribution in [-0.2, 0) is 11.2 Å². The third-order valence-corrected chi connectivity index (χ3v) is 4.42. The molecule has 0 aliphatic rings. The zero-order chi connectivity index (χ0) is 14.4. The van der Waals surface area contributed by atoms with E-state index < -0.39 is 0 Å². The van der Waals surface area contributed by atoms with Crippen LogP contribution in [0.25, 0.3) is 0 Å². The maximum Gasteiger partial charge on any atom is 0.145 e. The molecule has 0 fully saturated rings. The Hall–Kier alpha value is -0.160. The van der Waals surface area contributed by atoms with Crippen LogP contribution in [0.15, 0.2) is 12.1 Å². The highest BCUT2D eigenvalue weighted by molar-refractivity contribution is 14.1. The van der Waals surface area contributed by atoms with Gasteiger partial charge in [0.1, 0.15) is 11.6 Å². The van der Waals surface area contributed by atoms with E-state index in [4.69, 9.17) is 11.6 Å². The number of hydrogen-bond donors (Lipinski definition) is 0. The summed E-state index contributed by atoms with van der Waals surface area (Å²) in [5, 5.41) is 0.459. The summed E-state index contributed by atoms with van der Waals surface area (Å²) in [7, 11) is 0. The lowest BCUT2D eigenvalue weighted by atomic mass is 9.92. The number of Topliss-reactive ketones (excluding diaryl/α,β-unsaturated/α-hetero) is 1. The van der Waals surface area contributed by atoms with E-state index in [9.17, 15) is 9.18 Å². The highest BCUT2D eigenvalue weighted by Gasteiger charge is 2.17. The maximum absolute atomic E-state index is 13.3. The van der Waals surface area contributed by atoms with E-state index in [1.807, 2.05) is 0 Å². The Morgan fingerprint density at radius 1 is 1.42 bits per heavy atom. The summed E-state index contributed by atoms with van der Waals surface area (Å²) in [5.41, 5.74) is 1.54. The van der Waals surface area contributed by atoms with Gasteiger partial charge in [0, 0.05) is 10.9 Å². The summed E-state index contributed by atoms with van der Waals surface area (Å²) in [5.74, 6) is 0.128. The van der Waals surface area contributed by atoms with Gasteiger partial charge in [-0.05, 0) is 43.4 Å². The fraction of sp³-hybridized carbons (Fsp3) is 0.533. The molecule has 1 atom stereocenters. The first kappa shape index (κ1) is 16.9. The number of ketones is 1. The van der Waals surface area contributed by atoms with Crippen molar-refractivity contribution in [1.29, 1.82) is 0 Å². The molecule has 19 heavy (non-hydrogen) atoms. The van der Waals surface area contributed by atoms with Crippen LogP contribution in [0.2, 0.25) is 5.02 Å². The van der Waals surface area contributed by atoms with Crippen LogP contribution in [0.4, 0.5) is 4.39 Å². The zero-order valence-electron chi connectivity index (χ0n) is 11.3. The number of rotatable bonds is 7. The average molecular weight is 397 g/mol. The van der Waals surface area contributed by atoms with Gasteiger partial charge >= 0.3 is 0 Å². The minimum absolute atomic E-state index is 0.100. The number of benzene rings is 1. The Labute approximate surface area is 133 Å². The quantitative estimate of drug-likeness (QED) is 0.461. The molecule has 4 heteroatoms. The Morgan fingerprint density at radius 2 is 2.11 bits per heavy atom. The summed E-state index contributed by atoms with van der Waals surface area (Å²) in [6.07, 6.45) is 3.44. The molecule has 0 saturated heterocycles. The van der Waals surface area contributed by atoms with E-state index in [2.05, 4.69) is 29.5 Å². The third-order valence-electron chi connectivity index (χ3n) is 3.31. The zero-order valence-corrected chi connectivity index (χ0v) is 14.2. The molecule has 1 nitrogen and oxygen atoms in total. The highest BCUT2D eigenvalue weighted by Crippen LogP contribution is 2.24. The molecule has 106 valence electrons. The van der Waals surface area contributed by atoms with Crippen LogP contribution >= 0.6 is 34.2 Å². The molecule has 0 saturated carbocycles. The molecule has 0 amide bonds. The molecule has 0 spiro atoms. The number of alkyl halides is 1. The van der Waals surface area contributed by atoms with E-state index >= 15 is 0 Å². The molecule has 0 aliphatic carbocycles. The van der Waals surface area contributed by atoms with E-state index in [1.165, 1.54) is 6.07 Å². The standard InChI is InChI=1S/C15H19ClFIO/c1-3-4-11(15(19)9-18)5-6-12-7-10(2)14(17)8-13(12)16/h7-8,11H,3-6,9H2,1-2H3. The molecule has 0 radical (unpaired) electrons. The van der Waals surface area contributed by atoms with Gasteiger partial charge in [-0.3, -0.25) is 4.79 Å². The lowest BCUT2D eigenvalue weighted by Gasteiger charge is -2.14. The predicted molar refractivity (Wildman–Crippen MR) is 86.8 cm³/mol. The summed E-state index contributed by atoms with van der Waals surface area (Å²) in [6, 6.07) is 3.15. The first-order valence-corrected chi connectivity index (χ1v) is 8.43. The molecular formula is C15H19ClFIO. The number of carbonyl (C=O) groups is 1. The Balaban J connectivity index is 2.74. The van der Waals surface area contributed by atoms with E-state index in [-0.39, 0.29) is 11.7 Å². The molecule has 0 aromatic heterocycles. The van der Waals surface area contributed by atoms with Gasteiger partial charge in [-0.25, -0.2) is 4.39 Å². The second-order valence-electron chi connectivity index (χ2n) is 4.82. The fourth-order valence-corrected chi connectivity index (χ4v) is 3.03. The lowest BCUT2D eigenvalue weighted by molar-refractivity contribution is -0.120. The minimum Gasteiger partial charge on any atom is -0.299 e. The van der Waals surface area contributed by atoms with Crippen molar-refractivity contribution < 1.29 is 9.18 Å². The number of aryl methyl sites for hydroxylation is 2. The SMILES string of the molecule is CCCC(CCc1cc(C)c(F)cc1Cl)C(=O)CI. The fourth-order valence-electron chi connectivity index (χ4n) is 2.16. The molecule has 1 aromatic carbocycles. The molecule has 0 N–H and O–H groups in total. The molecule has 0 bridgehead atoms. The predicted octanol–water partition coefficient (Wildman–Crippen LogP) is 5.14. The van der Waals surface area contributed by atoms with Gasteiger partial charge in [-0.15, -0.1) is 0 Å². The van der Waals surface area contributed by atoms with E-state index in [1.54, 1.807) is 13.0 Å². The molecular weight excluding hydrogens is 378 g/mol. The highest BCUT2D eigenvalue weighted by atomic mass is 127. The van der Waals surface area contributed by atoms with Gasteiger partial charge in [0.25, 0.3) is 0 Å². The normalized spacial score (nSPS) is 12.5. The minimum atomic E-state index is -0.276.